The molecule has 1 amide bonds. The van der Waals surface area contributed by atoms with Crippen LogP contribution in [0.3, 0.4) is 0 Å². The summed E-state index contributed by atoms with van der Waals surface area (Å²) in [5.74, 6) is -0.410. The van der Waals surface area contributed by atoms with Crippen LogP contribution in [0.5, 0.6) is 0 Å². The summed E-state index contributed by atoms with van der Waals surface area (Å²) in [6.45, 7) is 13.4. The Hall–Kier alpha value is -0.870. The van der Waals surface area contributed by atoms with E-state index in [1.54, 1.807) is 25.4 Å². The molecule has 0 radical (unpaired) electrons. The monoisotopic (exact) mass is 229 g/mol. The average molecular weight is 229 g/mol. The van der Waals surface area contributed by atoms with Crippen molar-refractivity contribution in [3.05, 3.63) is 12.7 Å². The average Bonchev–Trinajstić information content (AvgIpc) is 2.24. The van der Waals surface area contributed by atoms with E-state index in [0.29, 0.717) is 6.61 Å². The zero-order valence-corrected chi connectivity index (χ0v) is 10.8. The summed E-state index contributed by atoms with van der Waals surface area (Å²) in [5, 5.41) is 8.70. The van der Waals surface area contributed by atoms with Crippen LogP contribution in [-0.4, -0.2) is 23.8 Å². The number of rotatable bonds is 6. The van der Waals surface area contributed by atoms with Crippen LogP contribution in [0.15, 0.2) is 12.7 Å². The van der Waals surface area contributed by atoms with E-state index >= 15 is 0 Å². The van der Waals surface area contributed by atoms with Crippen molar-refractivity contribution in [2.45, 2.75) is 40.7 Å². The molecule has 0 aromatic rings. The van der Waals surface area contributed by atoms with Crippen LogP contribution in [0.2, 0.25) is 0 Å². The summed E-state index contributed by atoms with van der Waals surface area (Å²) < 4.78 is 5.56. The first-order valence-electron chi connectivity index (χ1n) is 5.37. The highest BCUT2D eigenvalue weighted by Crippen LogP contribution is 2.39. The maximum absolute atomic E-state index is 11.6. The molecule has 1 atom stereocenters. The van der Waals surface area contributed by atoms with Crippen LogP contribution in [0, 0.1) is 10.8 Å². The molecule has 0 fully saturated rings. The van der Waals surface area contributed by atoms with Gasteiger partial charge in [-0.25, -0.2) is 5.48 Å². The highest BCUT2D eigenvalue weighted by Gasteiger charge is 2.43. The molecule has 0 bridgehead atoms. The fourth-order valence-corrected chi connectivity index (χ4v) is 1.04. The summed E-state index contributed by atoms with van der Waals surface area (Å²) >= 11 is 0. The number of amides is 1. The van der Waals surface area contributed by atoms with Gasteiger partial charge in [0.1, 0.15) is 0 Å². The molecule has 0 aliphatic rings. The smallest absolute Gasteiger partial charge is 0.249 e. The predicted molar refractivity (Wildman–Crippen MR) is 63.1 cm³/mol. The minimum Gasteiger partial charge on any atom is -0.374 e. The van der Waals surface area contributed by atoms with E-state index in [0.717, 1.165) is 0 Å². The predicted octanol–water partition coefficient (Wildman–Crippen LogP) is 2.14. The van der Waals surface area contributed by atoms with Crippen LogP contribution < -0.4 is 5.48 Å². The Balaban J connectivity index is 4.63. The van der Waals surface area contributed by atoms with Crippen molar-refractivity contribution in [3.63, 3.8) is 0 Å². The largest absolute Gasteiger partial charge is 0.374 e. The van der Waals surface area contributed by atoms with Crippen LogP contribution in [0.25, 0.3) is 0 Å². The molecule has 0 spiro atoms. The lowest BCUT2D eigenvalue weighted by Gasteiger charge is -2.39. The topological polar surface area (TPSA) is 58.6 Å². The summed E-state index contributed by atoms with van der Waals surface area (Å²) in [6.07, 6.45) is 1.65. The molecule has 0 aliphatic heterocycles. The second-order valence-electron chi connectivity index (χ2n) is 5.20. The van der Waals surface area contributed by atoms with E-state index in [1.807, 2.05) is 20.8 Å². The van der Waals surface area contributed by atoms with E-state index in [4.69, 9.17) is 9.94 Å². The molecule has 16 heavy (non-hydrogen) atoms. The quantitative estimate of drug-likeness (QED) is 0.417. The van der Waals surface area contributed by atoms with Crippen molar-refractivity contribution in [3.8, 4) is 0 Å². The molecule has 1 unspecified atom stereocenters. The molecule has 94 valence electrons. The third-order valence-electron chi connectivity index (χ3n) is 3.40. The standard InChI is InChI=1S/C12H23NO3/c1-7-9(2)16-8-11(3,4)12(5,6)10(14)13-15/h7,9,15H,1,8H2,2-6H3,(H,13,14). The van der Waals surface area contributed by atoms with E-state index in [-0.39, 0.29) is 6.10 Å². The second-order valence-corrected chi connectivity index (χ2v) is 5.20. The van der Waals surface area contributed by atoms with Gasteiger partial charge in [0.2, 0.25) is 5.91 Å². The van der Waals surface area contributed by atoms with Crippen LogP contribution >= 0.6 is 0 Å². The van der Waals surface area contributed by atoms with Gasteiger partial charge in [0.15, 0.2) is 0 Å². The summed E-state index contributed by atoms with van der Waals surface area (Å²) in [6, 6.07) is 0. The summed E-state index contributed by atoms with van der Waals surface area (Å²) in [5.41, 5.74) is 0.587. The highest BCUT2D eigenvalue weighted by atomic mass is 16.5. The molecular weight excluding hydrogens is 206 g/mol. The van der Waals surface area contributed by atoms with E-state index in [2.05, 4.69) is 6.58 Å². The zero-order chi connectivity index (χ0) is 13.0. The lowest BCUT2D eigenvalue weighted by molar-refractivity contribution is -0.148. The lowest BCUT2D eigenvalue weighted by atomic mass is 9.68. The van der Waals surface area contributed by atoms with Gasteiger partial charge in [-0.15, -0.1) is 6.58 Å². The Morgan fingerprint density at radius 3 is 2.38 bits per heavy atom. The molecule has 0 aromatic heterocycles. The van der Waals surface area contributed by atoms with Gasteiger partial charge < -0.3 is 4.74 Å². The van der Waals surface area contributed by atoms with Gasteiger partial charge in [0, 0.05) is 5.41 Å². The maximum atomic E-state index is 11.6. The van der Waals surface area contributed by atoms with Crippen molar-refractivity contribution in [1.82, 2.24) is 5.48 Å². The minimum absolute atomic E-state index is 0.0488. The number of ether oxygens (including phenoxy) is 1. The molecule has 0 aromatic carbocycles. The lowest BCUT2D eigenvalue weighted by Crippen LogP contribution is -2.47. The molecule has 4 nitrogen and oxygen atoms in total. The number of nitrogens with one attached hydrogen (secondary N) is 1. The highest BCUT2D eigenvalue weighted by molar-refractivity contribution is 5.81. The maximum Gasteiger partial charge on any atom is 0.249 e. The number of hydrogen-bond acceptors (Lipinski definition) is 3. The van der Waals surface area contributed by atoms with Crippen molar-refractivity contribution < 1.29 is 14.7 Å². The fraction of sp³-hybridized carbons (Fsp3) is 0.750. The Bertz CT molecular complexity index is 259. The van der Waals surface area contributed by atoms with E-state index in [9.17, 15) is 4.79 Å². The zero-order valence-electron chi connectivity index (χ0n) is 10.8. The molecule has 0 heterocycles. The van der Waals surface area contributed by atoms with Crippen molar-refractivity contribution in [2.24, 2.45) is 10.8 Å². The molecule has 2 N–H and O–H groups in total. The number of carbonyl (C=O) groups excluding carboxylic acids is 1. The van der Waals surface area contributed by atoms with Gasteiger partial charge in [-0.05, 0) is 6.92 Å². The van der Waals surface area contributed by atoms with Gasteiger partial charge >= 0.3 is 0 Å². The summed E-state index contributed by atoms with van der Waals surface area (Å²) in [7, 11) is 0. The van der Waals surface area contributed by atoms with Crippen molar-refractivity contribution >= 4 is 5.91 Å². The van der Waals surface area contributed by atoms with Crippen LogP contribution in [0.1, 0.15) is 34.6 Å². The SMILES string of the molecule is C=CC(C)OCC(C)(C)C(C)(C)C(=O)NO. The number of hydroxylamine groups is 1. The van der Waals surface area contributed by atoms with Crippen molar-refractivity contribution in [1.29, 1.82) is 0 Å². The van der Waals surface area contributed by atoms with Crippen molar-refractivity contribution in [2.75, 3.05) is 6.61 Å². The Kier molecular flexibility index (Phi) is 5.16. The Labute approximate surface area is 97.6 Å². The molecule has 0 aliphatic carbocycles. The Morgan fingerprint density at radius 1 is 1.50 bits per heavy atom. The van der Waals surface area contributed by atoms with E-state index < -0.39 is 16.7 Å². The van der Waals surface area contributed by atoms with Gasteiger partial charge in [0.25, 0.3) is 0 Å². The molecule has 4 heteroatoms. The first-order chi connectivity index (χ1) is 7.19. The van der Waals surface area contributed by atoms with Crippen LogP contribution in [0.4, 0.5) is 0 Å². The third kappa shape index (κ3) is 3.32. The van der Waals surface area contributed by atoms with Gasteiger partial charge in [-0.2, -0.15) is 0 Å². The fourth-order valence-electron chi connectivity index (χ4n) is 1.04. The number of hydrogen-bond donors (Lipinski definition) is 2. The molecule has 0 saturated carbocycles. The van der Waals surface area contributed by atoms with Gasteiger partial charge in [-0.1, -0.05) is 33.8 Å². The van der Waals surface area contributed by atoms with Gasteiger partial charge in [0.05, 0.1) is 18.1 Å². The molecular formula is C12H23NO3. The second kappa shape index (κ2) is 5.46. The normalized spacial score (nSPS) is 14.4. The van der Waals surface area contributed by atoms with Crippen LogP contribution in [-0.2, 0) is 9.53 Å². The first kappa shape index (κ1) is 15.1. The minimum atomic E-state index is -0.720. The number of carbonyl (C=O) groups is 1. The third-order valence-corrected chi connectivity index (χ3v) is 3.40. The molecule has 0 rings (SSSR count). The van der Waals surface area contributed by atoms with E-state index in [1.165, 1.54) is 0 Å². The Morgan fingerprint density at radius 2 is 2.00 bits per heavy atom. The molecule has 0 saturated heterocycles. The van der Waals surface area contributed by atoms with Gasteiger partial charge in [-0.3, -0.25) is 10.0 Å². The first-order valence-corrected chi connectivity index (χ1v) is 5.37. The summed E-state index contributed by atoms with van der Waals surface area (Å²) in [4.78, 5) is 11.6.